The van der Waals surface area contributed by atoms with Crippen molar-refractivity contribution in [1.29, 1.82) is 0 Å². The van der Waals surface area contributed by atoms with Gasteiger partial charge in [-0.3, -0.25) is 0 Å². The van der Waals surface area contributed by atoms with Gasteiger partial charge in [0.1, 0.15) is 0 Å². The van der Waals surface area contributed by atoms with Crippen molar-refractivity contribution < 1.29 is 14.6 Å². The maximum Gasteiger partial charge on any atom is 0.333 e. The Hall–Kier alpha value is -1.09. The molecule has 0 amide bonds. The van der Waals surface area contributed by atoms with Crippen LogP contribution in [-0.2, 0) is 9.53 Å². The third kappa shape index (κ3) is 2.77. The Bertz CT molecular complexity index is 545. The van der Waals surface area contributed by atoms with Gasteiger partial charge in [0.2, 0.25) is 0 Å². The summed E-state index contributed by atoms with van der Waals surface area (Å²) in [5.74, 6) is 0.488. The lowest BCUT2D eigenvalue weighted by molar-refractivity contribution is -0.135. The molecular formula is C20H30O3. The van der Waals surface area contributed by atoms with Gasteiger partial charge in [0, 0.05) is 12.0 Å². The predicted octanol–water partition coefficient (Wildman–Crippen LogP) is 4.02. The third-order valence-corrected chi connectivity index (χ3v) is 6.70. The van der Waals surface area contributed by atoms with Crippen molar-refractivity contribution in [3.05, 3.63) is 23.8 Å². The normalized spacial score (nSPS) is 41.7. The maximum absolute atomic E-state index is 11.7. The highest BCUT2D eigenvalue weighted by Gasteiger charge is 2.56. The molecule has 3 aliphatic rings. The minimum Gasteiger partial charge on any atom is -0.462 e. The molecule has 4 atom stereocenters. The molecule has 1 N–H and O–H groups in total. The van der Waals surface area contributed by atoms with Gasteiger partial charge in [-0.1, -0.05) is 45.4 Å². The van der Waals surface area contributed by atoms with Crippen LogP contribution in [0, 0.1) is 22.7 Å². The van der Waals surface area contributed by atoms with E-state index in [0.717, 1.165) is 30.4 Å². The molecule has 2 aliphatic carbocycles. The number of aliphatic hydroxyl groups is 1. The van der Waals surface area contributed by atoms with Crippen LogP contribution in [0.1, 0.15) is 59.3 Å². The van der Waals surface area contributed by atoms with Crippen LogP contribution in [0.3, 0.4) is 0 Å². The molecule has 1 unspecified atom stereocenters. The van der Waals surface area contributed by atoms with E-state index in [1.54, 1.807) is 0 Å². The van der Waals surface area contributed by atoms with Crippen LogP contribution < -0.4 is 0 Å². The van der Waals surface area contributed by atoms with Gasteiger partial charge in [0.25, 0.3) is 0 Å². The second-order valence-corrected chi connectivity index (χ2v) is 8.66. The summed E-state index contributed by atoms with van der Waals surface area (Å²) in [4.78, 5) is 11.7. The van der Waals surface area contributed by atoms with Crippen molar-refractivity contribution in [2.24, 2.45) is 22.7 Å². The standard InChI is InChI=1S/C20H30O3/c1-13-12-16(21)17-19(2,3)9-5-10-20(17,4)15(13)7-6-14-8-11-23-18(14)22/h6,15-17,21H,1,5,7-12H2,2-4H3/b14-6+/t15-,16+,17?,20+/m0/s1. The predicted molar refractivity (Wildman–Crippen MR) is 90.8 cm³/mol. The van der Waals surface area contributed by atoms with Gasteiger partial charge in [-0.15, -0.1) is 0 Å². The number of hydrogen-bond donors (Lipinski definition) is 1. The Kier molecular flexibility index (Phi) is 4.20. The highest BCUT2D eigenvalue weighted by molar-refractivity contribution is 5.90. The summed E-state index contributed by atoms with van der Waals surface area (Å²) in [5, 5.41) is 10.8. The van der Waals surface area contributed by atoms with Gasteiger partial charge < -0.3 is 9.84 Å². The van der Waals surface area contributed by atoms with Crippen molar-refractivity contribution in [3.63, 3.8) is 0 Å². The first-order valence-corrected chi connectivity index (χ1v) is 8.97. The summed E-state index contributed by atoms with van der Waals surface area (Å²) in [6.07, 6.45) is 7.57. The molecule has 3 fully saturated rings. The fraction of sp³-hybridized carbons (Fsp3) is 0.750. The lowest BCUT2D eigenvalue weighted by Crippen LogP contribution is -2.55. The van der Waals surface area contributed by atoms with Gasteiger partial charge in [-0.05, 0) is 48.3 Å². The maximum atomic E-state index is 11.7. The smallest absolute Gasteiger partial charge is 0.333 e. The highest BCUT2D eigenvalue weighted by Crippen LogP contribution is 2.61. The average Bonchev–Trinajstić information content (AvgIpc) is 2.82. The number of cyclic esters (lactones) is 1. The molecule has 3 heteroatoms. The summed E-state index contributed by atoms with van der Waals surface area (Å²) >= 11 is 0. The number of allylic oxidation sites excluding steroid dienone is 1. The van der Waals surface area contributed by atoms with Gasteiger partial charge in [-0.25, -0.2) is 4.79 Å². The number of carbonyl (C=O) groups is 1. The molecule has 0 spiro atoms. The number of fused-ring (bicyclic) bond motifs is 1. The number of aliphatic hydroxyl groups excluding tert-OH is 1. The molecule has 0 aromatic rings. The van der Waals surface area contributed by atoms with E-state index >= 15 is 0 Å². The molecular weight excluding hydrogens is 288 g/mol. The molecule has 3 rings (SSSR count). The Morgan fingerprint density at radius 2 is 2.09 bits per heavy atom. The third-order valence-electron chi connectivity index (χ3n) is 6.70. The minimum atomic E-state index is -0.289. The number of esters is 1. The van der Waals surface area contributed by atoms with Crippen LogP contribution in [0.5, 0.6) is 0 Å². The van der Waals surface area contributed by atoms with Crippen LogP contribution in [0.2, 0.25) is 0 Å². The first kappa shape index (κ1) is 16.8. The number of hydrogen-bond acceptors (Lipinski definition) is 3. The summed E-state index contributed by atoms with van der Waals surface area (Å²) in [5.41, 5.74) is 2.19. The van der Waals surface area contributed by atoms with E-state index in [4.69, 9.17) is 4.74 Å². The zero-order chi connectivity index (χ0) is 16.8. The summed E-state index contributed by atoms with van der Waals surface area (Å²) in [6.45, 7) is 11.7. The zero-order valence-corrected chi connectivity index (χ0v) is 14.7. The van der Waals surface area contributed by atoms with Crippen LogP contribution in [0.4, 0.5) is 0 Å². The van der Waals surface area contributed by atoms with E-state index in [0.29, 0.717) is 24.9 Å². The molecule has 0 radical (unpaired) electrons. The van der Waals surface area contributed by atoms with Crippen molar-refractivity contribution in [2.75, 3.05) is 6.61 Å². The molecule has 3 nitrogen and oxygen atoms in total. The quantitative estimate of drug-likeness (QED) is 0.475. The molecule has 0 bridgehead atoms. The van der Waals surface area contributed by atoms with Crippen molar-refractivity contribution in [3.8, 4) is 0 Å². The molecule has 0 aromatic carbocycles. The SMILES string of the molecule is C=C1C[C@@H](O)C2C(C)(C)CCC[C@]2(C)[C@H]1C/C=C1\CCOC1=O. The largest absolute Gasteiger partial charge is 0.462 e. The number of rotatable bonds is 2. The fourth-order valence-corrected chi connectivity index (χ4v) is 5.80. The molecule has 1 aliphatic heterocycles. The summed E-state index contributed by atoms with van der Waals surface area (Å²) in [6, 6.07) is 0. The lowest BCUT2D eigenvalue weighted by atomic mass is 9.46. The van der Waals surface area contributed by atoms with Crippen LogP contribution in [0.25, 0.3) is 0 Å². The topological polar surface area (TPSA) is 46.5 Å². The Labute approximate surface area is 139 Å². The number of ether oxygens (including phenoxy) is 1. The van der Waals surface area contributed by atoms with Gasteiger partial charge in [-0.2, -0.15) is 0 Å². The molecule has 128 valence electrons. The lowest BCUT2D eigenvalue weighted by Gasteiger charge is -2.59. The second kappa shape index (κ2) is 5.77. The summed E-state index contributed by atoms with van der Waals surface area (Å²) in [7, 11) is 0. The molecule has 23 heavy (non-hydrogen) atoms. The fourth-order valence-electron chi connectivity index (χ4n) is 5.80. The number of carbonyl (C=O) groups excluding carboxylic acids is 1. The molecule has 2 saturated carbocycles. The molecule has 1 heterocycles. The van der Waals surface area contributed by atoms with Gasteiger partial charge >= 0.3 is 5.97 Å². The second-order valence-electron chi connectivity index (χ2n) is 8.66. The van der Waals surface area contributed by atoms with Crippen LogP contribution in [-0.4, -0.2) is 23.8 Å². The zero-order valence-electron chi connectivity index (χ0n) is 14.7. The van der Waals surface area contributed by atoms with E-state index in [1.165, 1.54) is 12.8 Å². The van der Waals surface area contributed by atoms with Gasteiger partial charge in [0.05, 0.1) is 12.7 Å². The monoisotopic (exact) mass is 318 g/mol. The highest BCUT2D eigenvalue weighted by atomic mass is 16.5. The first-order valence-electron chi connectivity index (χ1n) is 8.97. The van der Waals surface area contributed by atoms with E-state index in [2.05, 4.69) is 33.4 Å². The van der Waals surface area contributed by atoms with E-state index in [1.807, 2.05) is 0 Å². The van der Waals surface area contributed by atoms with Crippen molar-refractivity contribution >= 4 is 5.97 Å². The minimum absolute atomic E-state index is 0.0655. The Balaban J connectivity index is 1.89. The van der Waals surface area contributed by atoms with Crippen LogP contribution in [0.15, 0.2) is 23.8 Å². The summed E-state index contributed by atoms with van der Waals surface area (Å²) < 4.78 is 5.04. The van der Waals surface area contributed by atoms with Crippen molar-refractivity contribution in [2.45, 2.75) is 65.4 Å². The van der Waals surface area contributed by atoms with E-state index < -0.39 is 0 Å². The Morgan fingerprint density at radius 1 is 1.35 bits per heavy atom. The average molecular weight is 318 g/mol. The first-order chi connectivity index (χ1) is 10.8. The Morgan fingerprint density at radius 3 is 2.74 bits per heavy atom. The van der Waals surface area contributed by atoms with E-state index in [9.17, 15) is 9.90 Å². The van der Waals surface area contributed by atoms with E-state index in [-0.39, 0.29) is 22.9 Å². The van der Waals surface area contributed by atoms with Crippen molar-refractivity contribution in [1.82, 2.24) is 0 Å². The molecule has 0 aromatic heterocycles. The molecule has 1 saturated heterocycles. The van der Waals surface area contributed by atoms with Gasteiger partial charge in [0.15, 0.2) is 0 Å². The van der Waals surface area contributed by atoms with Crippen LogP contribution >= 0.6 is 0 Å².